The summed E-state index contributed by atoms with van der Waals surface area (Å²) in [7, 11) is 0. The van der Waals surface area contributed by atoms with Crippen molar-refractivity contribution < 1.29 is 5.11 Å². The molecule has 0 amide bonds. The Morgan fingerprint density at radius 2 is 1.33 bits per heavy atom. The van der Waals surface area contributed by atoms with Gasteiger partial charge in [0.2, 0.25) is 0 Å². The van der Waals surface area contributed by atoms with E-state index in [9.17, 15) is 0 Å². The van der Waals surface area contributed by atoms with E-state index in [1.807, 2.05) is 0 Å². The standard InChI is InChI=1S/C11H9N3O/c15-11-3-1-9(2-4-11)13-14-10-5-7-12-8-6-10/h1-8,15H. The summed E-state index contributed by atoms with van der Waals surface area (Å²) >= 11 is 0. The first kappa shape index (κ1) is 9.33. The Hall–Kier alpha value is -2.23. The summed E-state index contributed by atoms with van der Waals surface area (Å²) in [6.07, 6.45) is 3.32. The average Bonchev–Trinajstić information content (AvgIpc) is 2.30. The average molecular weight is 199 g/mol. The molecule has 0 saturated heterocycles. The van der Waals surface area contributed by atoms with Gasteiger partial charge in [0.25, 0.3) is 0 Å². The first-order valence-corrected chi connectivity index (χ1v) is 4.45. The lowest BCUT2D eigenvalue weighted by Gasteiger charge is -1.93. The van der Waals surface area contributed by atoms with Gasteiger partial charge in [-0.05, 0) is 36.4 Å². The third-order valence-corrected chi connectivity index (χ3v) is 1.79. The van der Waals surface area contributed by atoms with E-state index in [4.69, 9.17) is 5.11 Å². The van der Waals surface area contributed by atoms with E-state index in [0.717, 1.165) is 5.69 Å². The van der Waals surface area contributed by atoms with Gasteiger partial charge in [-0.25, -0.2) is 0 Å². The minimum absolute atomic E-state index is 0.220. The Morgan fingerprint density at radius 3 is 1.93 bits per heavy atom. The molecule has 0 fully saturated rings. The monoisotopic (exact) mass is 199 g/mol. The molecule has 0 aliphatic rings. The van der Waals surface area contributed by atoms with Gasteiger partial charge in [0, 0.05) is 12.4 Å². The van der Waals surface area contributed by atoms with Crippen molar-refractivity contribution in [3.8, 4) is 5.75 Å². The predicted molar refractivity (Wildman–Crippen MR) is 56.5 cm³/mol. The van der Waals surface area contributed by atoms with Gasteiger partial charge >= 0.3 is 0 Å². The summed E-state index contributed by atoms with van der Waals surface area (Å²) in [6.45, 7) is 0. The summed E-state index contributed by atoms with van der Waals surface area (Å²) < 4.78 is 0. The lowest BCUT2D eigenvalue weighted by molar-refractivity contribution is 0.475. The van der Waals surface area contributed by atoms with E-state index in [0.29, 0.717) is 5.69 Å². The minimum Gasteiger partial charge on any atom is -0.508 e. The number of rotatable bonds is 2. The highest BCUT2D eigenvalue weighted by molar-refractivity contribution is 5.41. The van der Waals surface area contributed by atoms with Gasteiger partial charge in [0.1, 0.15) is 5.75 Å². The number of azo groups is 1. The first-order valence-electron chi connectivity index (χ1n) is 4.45. The van der Waals surface area contributed by atoms with Crippen molar-refractivity contribution in [2.24, 2.45) is 10.2 Å². The number of hydrogen-bond donors (Lipinski definition) is 1. The highest BCUT2D eigenvalue weighted by Gasteiger charge is 1.90. The van der Waals surface area contributed by atoms with Crippen molar-refractivity contribution in [3.05, 3.63) is 48.8 Å². The van der Waals surface area contributed by atoms with E-state index in [1.165, 1.54) is 0 Å². The number of hydrogen-bond acceptors (Lipinski definition) is 4. The van der Waals surface area contributed by atoms with Gasteiger partial charge in [0.15, 0.2) is 0 Å². The molecule has 2 aromatic rings. The van der Waals surface area contributed by atoms with Gasteiger partial charge in [0.05, 0.1) is 11.4 Å². The predicted octanol–water partition coefficient (Wildman–Crippen LogP) is 3.20. The van der Waals surface area contributed by atoms with Crippen LogP contribution in [0.25, 0.3) is 0 Å². The molecule has 4 heteroatoms. The summed E-state index contributed by atoms with van der Waals surface area (Å²) in [5, 5.41) is 17.1. The number of aromatic hydroxyl groups is 1. The Labute approximate surface area is 86.9 Å². The zero-order valence-corrected chi connectivity index (χ0v) is 7.91. The fourth-order valence-electron chi connectivity index (χ4n) is 1.05. The largest absolute Gasteiger partial charge is 0.508 e. The van der Waals surface area contributed by atoms with Crippen LogP contribution >= 0.6 is 0 Å². The Bertz CT molecular complexity index is 451. The van der Waals surface area contributed by atoms with Crippen molar-refractivity contribution in [2.45, 2.75) is 0 Å². The molecule has 0 bridgehead atoms. The molecule has 0 unspecified atom stereocenters. The van der Waals surface area contributed by atoms with Crippen LogP contribution in [-0.2, 0) is 0 Å². The molecule has 15 heavy (non-hydrogen) atoms. The molecule has 4 nitrogen and oxygen atoms in total. The van der Waals surface area contributed by atoms with Gasteiger partial charge in [-0.15, -0.1) is 0 Å². The lowest BCUT2D eigenvalue weighted by atomic mass is 10.3. The normalized spacial score (nSPS) is 10.7. The number of benzene rings is 1. The molecule has 0 atom stereocenters. The Balaban J connectivity index is 2.15. The molecule has 1 aromatic carbocycles. The second kappa shape index (κ2) is 4.32. The quantitative estimate of drug-likeness (QED) is 0.755. The van der Waals surface area contributed by atoms with Crippen LogP contribution in [0.2, 0.25) is 0 Å². The Morgan fingerprint density at radius 1 is 0.800 bits per heavy atom. The van der Waals surface area contributed by atoms with Gasteiger partial charge < -0.3 is 5.11 Å². The van der Waals surface area contributed by atoms with Crippen LogP contribution in [0.5, 0.6) is 5.75 Å². The summed E-state index contributed by atoms with van der Waals surface area (Å²) in [5.74, 6) is 0.220. The van der Waals surface area contributed by atoms with E-state index in [-0.39, 0.29) is 5.75 Å². The highest BCUT2D eigenvalue weighted by atomic mass is 16.3. The maximum absolute atomic E-state index is 9.06. The van der Waals surface area contributed by atoms with Crippen molar-refractivity contribution in [2.75, 3.05) is 0 Å². The molecule has 1 N–H and O–H groups in total. The molecule has 2 rings (SSSR count). The second-order valence-electron chi connectivity index (χ2n) is 2.92. The summed E-state index contributed by atoms with van der Waals surface area (Å²) in [4.78, 5) is 3.88. The smallest absolute Gasteiger partial charge is 0.115 e. The number of pyridine rings is 1. The number of phenolic OH excluding ortho intramolecular Hbond substituents is 1. The van der Waals surface area contributed by atoms with E-state index in [2.05, 4.69) is 15.2 Å². The SMILES string of the molecule is Oc1ccc(N=Nc2ccncc2)cc1. The van der Waals surface area contributed by atoms with Crippen molar-refractivity contribution in [3.63, 3.8) is 0 Å². The molecular formula is C11H9N3O. The first-order chi connectivity index (χ1) is 7.34. The molecule has 0 aliphatic heterocycles. The van der Waals surface area contributed by atoms with Crippen LogP contribution in [0.15, 0.2) is 59.0 Å². The highest BCUT2D eigenvalue weighted by Crippen LogP contribution is 2.19. The van der Waals surface area contributed by atoms with Crippen LogP contribution in [0.4, 0.5) is 11.4 Å². The van der Waals surface area contributed by atoms with Crippen LogP contribution in [0.3, 0.4) is 0 Å². The fraction of sp³-hybridized carbons (Fsp3) is 0. The molecule has 0 saturated carbocycles. The van der Waals surface area contributed by atoms with Crippen molar-refractivity contribution in [1.29, 1.82) is 0 Å². The molecule has 74 valence electrons. The van der Waals surface area contributed by atoms with Gasteiger partial charge in [-0.3, -0.25) is 4.98 Å². The molecular weight excluding hydrogens is 190 g/mol. The maximum Gasteiger partial charge on any atom is 0.115 e. The maximum atomic E-state index is 9.06. The van der Waals surface area contributed by atoms with Crippen LogP contribution in [0, 0.1) is 0 Å². The zero-order chi connectivity index (χ0) is 10.5. The van der Waals surface area contributed by atoms with E-state index >= 15 is 0 Å². The molecule has 0 aliphatic carbocycles. The summed E-state index contributed by atoms with van der Waals surface area (Å²) in [6, 6.07) is 10.1. The lowest BCUT2D eigenvalue weighted by Crippen LogP contribution is -1.67. The molecule has 1 aromatic heterocycles. The van der Waals surface area contributed by atoms with Gasteiger partial charge in [-0.2, -0.15) is 10.2 Å². The third kappa shape index (κ3) is 2.60. The summed E-state index contributed by atoms with van der Waals surface area (Å²) in [5.41, 5.74) is 1.45. The number of aromatic nitrogens is 1. The van der Waals surface area contributed by atoms with Crippen LogP contribution in [0.1, 0.15) is 0 Å². The number of phenols is 1. The Kier molecular flexibility index (Phi) is 2.69. The molecule has 1 heterocycles. The van der Waals surface area contributed by atoms with Crippen molar-refractivity contribution >= 4 is 11.4 Å². The third-order valence-electron chi connectivity index (χ3n) is 1.79. The number of nitrogens with zero attached hydrogens (tertiary/aromatic N) is 3. The van der Waals surface area contributed by atoms with Crippen LogP contribution < -0.4 is 0 Å². The van der Waals surface area contributed by atoms with E-state index in [1.54, 1.807) is 48.8 Å². The van der Waals surface area contributed by atoms with Crippen LogP contribution in [-0.4, -0.2) is 10.1 Å². The van der Waals surface area contributed by atoms with E-state index < -0.39 is 0 Å². The molecule has 0 radical (unpaired) electrons. The topological polar surface area (TPSA) is 57.8 Å². The van der Waals surface area contributed by atoms with Gasteiger partial charge in [-0.1, -0.05) is 0 Å². The minimum atomic E-state index is 0.220. The zero-order valence-electron chi connectivity index (χ0n) is 7.91. The fourth-order valence-corrected chi connectivity index (χ4v) is 1.05. The molecule has 0 spiro atoms. The second-order valence-corrected chi connectivity index (χ2v) is 2.92. The van der Waals surface area contributed by atoms with Crippen molar-refractivity contribution in [1.82, 2.24) is 4.98 Å².